The lowest BCUT2D eigenvalue weighted by atomic mass is 10.2. The number of carbonyl (C=O) groups is 3. The first-order valence-electron chi connectivity index (χ1n) is 9.05. The van der Waals surface area contributed by atoms with Crippen LogP contribution in [0.2, 0.25) is 0 Å². The second-order valence-corrected chi connectivity index (χ2v) is 8.09. The summed E-state index contributed by atoms with van der Waals surface area (Å²) >= 11 is 0.860. The number of imide groups is 1. The molecule has 2 heterocycles. The molecule has 1 aliphatic rings. The maximum absolute atomic E-state index is 12.6. The van der Waals surface area contributed by atoms with Crippen LogP contribution >= 0.6 is 11.8 Å². The van der Waals surface area contributed by atoms with Gasteiger partial charge in [0, 0.05) is 23.6 Å². The third kappa shape index (κ3) is 4.36. The molecule has 1 aliphatic heterocycles. The van der Waals surface area contributed by atoms with E-state index >= 15 is 0 Å². The fraction of sp³-hybridized carbons (Fsp3) is 0.286. The number of anilines is 1. The molecular formula is C21H23N3O3S. The quantitative estimate of drug-likeness (QED) is 0.761. The Hall–Kier alpha value is -2.80. The van der Waals surface area contributed by atoms with Crippen molar-refractivity contribution in [3.63, 3.8) is 0 Å². The Kier molecular flexibility index (Phi) is 5.74. The first-order valence-corrected chi connectivity index (χ1v) is 9.86. The van der Waals surface area contributed by atoms with Crippen molar-refractivity contribution in [2.45, 2.75) is 33.7 Å². The van der Waals surface area contributed by atoms with E-state index in [4.69, 9.17) is 0 Å². The van der Waals surface area contributed by atoms with E-state index in [2.05, 4.69) is 23.7 Å². The van der Waals surface area contributed by atoms with Crippen molar-refractivity contribution >= 4 is 40.6 Å². The molecule has 3 amide bonds. The number of nitrogens with zero attached hydrogens (tertiary/aromatic N) is 2. The zero-order chi connectivity index (χ0) is 20.4. The van der Waals surface area contributed by atoms with Gasteiger partial charge in [-0.2, -0.15) is 0 Å². The van der Waals surface area contributed by atoms with Gasteiger partial charge >= 0.3 is 0 Å². The van der Waals surface area contributed by atoms with Gasteiger partial charge in [0.25, 0.3) is 11.1 Å². The minimum atomic E-state index is -0.441. The average Bonchev–Trinajstić information content (AvgIpc) is 3.12. The first kappa shape index (κ1) is 19.9. The summed E-state index contributed by atoms with van der Waals surface area (Å²) in [5.41, 5.74) is 3.65. The minimum Gasteiger partial charge on any atom is -0.349 e. The Morgan fingerprint density at radius 1 is 1.18 bits per heavy atom. The van der Waals surface area contributed by atoms with E-state index in [9.17, 15) is 14.4 Å². The van der Waals surface area contributed by atoms with Crippen LogP contribution in [0, 0.1) is 13.8 Å². The molecule has 7 heteroatoms. The van der Waals surface area contributed by atoms with Crippen LogP contribution in [0.5, 0.6) is 0 Å². The summed E-state index contributed by atoms with van der Waals surface area (Å²) in [5, 5.41) is 2.27. The minimum absolute atomic E-state index is 0.304. The van der Waals surface area contributed by atoms with E-state index in [1.165, 1.54) is 0 Å². The predicted octanol–water partition coefficient (Wildman–Crippen LogP) is 4.36. The summed E-state index contributed by atoms with van der Waals surface area (Å²) < 4.78 is 2.10. The highest BCUT2D eigenvalue weighted by Gasteiger charge is 2.36. The Morgan fingerprint density at radius 3 is 2.46 bits per heavy atom. The van der Waals surface area contributed by atoms with Crippen LogP contribution < -0.4 is 5.32 Å². The molecule has 146 valence electrons. The number of aryl methyl sites for hydroxylation is 2. The van der Waals surface area contributed by atoms with Crippen LogP contribution in [-0.4, -0.2) is 33.1 Å². The standard InChI is InChI=1S/C21H23N3O3S/c1-13(2)23-11-16(9-15(23)4)10-18-20(26)24(21(27)28-18)12-19(25)22-17-7-5-14(3)6-8-17/h5-11,13H,12H2,1-4H3,(H,22,25)/b18-10+. The van der Waals surface area contributed by atoms with Crippen molar-refractivity contribution in [3.8, 4) is 0 Å². The maximum atomic E-state index is 12.6. The number of carbonyl (C=O) groups excluding carboxylic acids is 3. The Balaban J connectivity index is 1.70. The normalized spacial score (nSPS) is 15.8. The van der Waals surface area contributed by atoms with E-state index in [-0.39, 0.29) is 6.54 Å². The summed E-state index contributed by atoms with van der Waals surface area (Å²) in [5.74, 6) is -0.849. The molecule has 0 aliphatic carbocycles. The van der Waals surface area contributed by atoms with Gasteiger partial charge in [-0.15, -0.1) is 0 Å². The molecule has 1 aromatic heterocycles. The van der Waals surface area contributed by atoms with Crippen molar-refractivity contribution < 1.29 is 14.4 Å². The number of nitrogens with one attached hydrogen (secondary N) is 1. The molecule has 3 rings (SSSR count). The van der Waals surface area contributed by atoms with E-state index in [0.29, 0.717) is 16.6 Å². The molecule has 1 saturated heterocycles. The molecule has 6 nitrogen and oxygen atoms in total. The monoisotopic (exact) mass is 397 g/mol. The van der Waals surface area contributed by atoms with Crippen LogP contribution in [0.25, 0.3) is 6.08 Å². The lowest BCUT2D eigenvalue weighted by Gasteiger charge is -2.12. The highest BCUT2D eigenvalue weighted by Crippen LogP contribution is 2.32. The molecule has 0 atom stereocenters. The molecule has 1 fully saturated rings. The SMILES string of the molecule is Cc1ccc(NC(=O)CN2C(=O)S/C(=C/c3cc(C)n(C(C)C)c3)C2=O)cc1. The van der Waals surface area contributed by atoms with E-state index in [1.54, 1.807) is 18.2 Å². The summed E-state index contributed by atoms with van der Waals surface area (Å²) in [4.78, 5) is 38.4. The summed E-state index contributed by atoms with van der Waals surface area (Å²) in [6, 6.07) is 9.60. The van der Waals surface area contributed by atoms with Gasteiger partial charge in [0.05, 0.1) is 4.91 Å². The topological polar surface area (TPSA) is 71.4 Å². The summed E-state index contributed by atoms with van der Waals surface area (Å²) in [7, 11) is 0. The average molecular weight is 398 g/mol. The van der Waals surface area contributed by atoms with Crippen molar-refractivity contribution in [1.29, 1.82) is 0 Å². The molecular weight excluding hydrogens is 374 g/mol. The van der Waals surface area contributed by atoms with Gasteiger partial charge < -0.3 is 9.88 Å². The van der Waals surface area contributed by atoms with Crippen molar-refractivity contribution in [3.05, 3.63) is 58.3 Å². The van der Waals surface area contributed by atoms with Gasteiger partial charge in [0.2, 0.25) is 5.91 Å². The molecule has 0 bridgehead atoms. The highest BCUT2D eigenvalue weighted by atomic mass is 32.2. The molecule has 0 radical (unpaired) electrons. The van der Waals surface area contributed by atoms with Gasteiger partial charge in [-0.05, 0) is 69.3 Å². The smallest absolute Gasteiger partial charge is 0.294 e. The molecule has 1 N–H and O–H groups in total. The van der Waals surface area contributed by atoms with Crippen LogP contribution in [0.15, 0.2) is 41.4 Å². The van der Waals surface area contributed by atoms with Crippen LogP contribution in [-0.2, 0) is 9.59 Å². The van der Waals surface area contributed by atoms with E-state index < -0.39 is 17.1 Å². The van der Waals surface area contributed by atoms with Gasteiger partial charge in [0.15, 0.2) is 0 Å². The van der Waals surface area contributed by atoms with Crippen molar-refractivity contribution in [1.82, 2.24) is 9.47 Å². The maximum Gasteiger partial charge on any atom is 0.294 e. The summed E-state index contributed by atoms with van der Waals surface area (Å²) in [6.45, 7) is 7.81. The molecule has 1 aromatic carbocycles. The lowest BCUT2D eigenvalue weighted by molar-refractivity contribution is -0.127. The van der Waals surface area contributed by atoms with Crippen molar-refractivity contribution in [2.24, 2.45) is 0 Å². The fourth-order valence-corrected chi connectivity index (χ4v) is 3.86. The number of hydrogen-bond donors (Lipinski definition) is 1. The number of rotatable bonds is 5. The molecule has 0 saturated carbocycles. The van der Waals surface area contributed by atoms with Gasteiger partial charge in [-0.3, -0.25) is 19.3 Å². The molecule has 2 aromatic rings. The molecule has 28 heavy (non-hydrogen) atoms. The number of hydrogen-bond acceptors (Lipinski definition) is 4. The highest BCUT2D eigenvalue weighted by molar-refractivity contribution is 8.18. The number of amides is 3. The zero-order valence-corrected chi connectivity index (χ0v) is 17.2. The first-order chi connectivity index (χ1) is 13.2. The lowest BCUT2D eigenvalue weighted by Crippen LogP contribution is -2.36. The van der Waals surface area contributed by atoms with E-state index in [1.807, 2.05) is 38.2 Å². The Bertz CT molecular complexity index is 958. The third-order valence-electron chi connectivity index (χ3n) is 4.44. The van der Waals surface area contributed by atoms with Gasteiger partial charge in [0.1, 0.15) is 6.54 Å². The van der Waals surface area contributed by atoms with Gasteiger partial charge in [-0.25, -0.2) is 0 Å². The zero-order valence-electron chi connectivity index (χ0n) is 16.4. The van der Waals surface area contributed by atoms with Gasteiger partial charge in [-0.1, -0.05) is 17.7 Å². The predicted molar refractivity (Wildman–Crippen MR) is 112 cm³/mol. The largest absolute Gasteiger partial charge is 0.349 e. The fourth-order valence-electron chi connectivity index (χ4n) is 3.02. The van der Waals surface area contributed by atoms with E-state index in [0.717, 1.165) is 33.5 Å². The number of aromatic nitrogens is 1. The van der Waals surface area contributed by atoms with Crippen LogP contribution in [0.3, 0.4) is 0 Å². The Labute approximate surface area is 168 Å². The van der Waals surface area contributed by atoms with Crippen LogP contribution in [0.4, 0.5) is 10.5 Å². The van der Waals surface area contributed by atoms with Crippen LogP contribution in [0.1, 0.15) is 36.7 Å². The molecule has 0 spiro atoms. The molecule has 0 unspecified atom stereocenters. The number of benzene rings is 1. The van der Waals surface area contributed by atoms with Crippen molar-refractivity contribution in [2.75, 3.05) is 11.9 Å². The second-order valence-electron chi connectivity index (χ2n) is 7.10. The summed E-state index contributed by atoms with van der Waals surface area (Å²) in [6.07, 6.45) is 3.66. The third-order valence-corrected chi connectivity index (χ3v) is 5.34. The number of thioether (sulfide) groups is 1. The Morgan fingerprint density at radius 2 is 1.86 bits per heavy atom. The second kappa shape index (κ2) is 8.06.